The van der Waals surface area contributed by atoms with Crippen LogP contribution >= 0.6 is 0 Å². The Hall–Kier alpha value is -2.04. The zero-order valence-corrected chi connectivity index (χ0v) is 14.2. The first-order chi connectivity index (χ1) is 10.7. The van der Waals surface area contributed by atoms with Crippen molar-refractivity contribution in [1.29, 1.82) is 0 Å². The van der Waals surface area contributed by atoms with Gasteiger partial charge in [-0.05, 0) is 38.3 Å². The number of nitrogens with zero attached hydrogens (tertiary/aromatic N) is 1. The highest BCUT2D eigenvalue weighted by Crippen LogP contribution is 2.35. The van der Waals surface area contributed by atoms with Crippen molar-refractivity contribution in [2.45, 2.75) is 45.6 Å². The zero-order chi connectivity index (χ0) is 17.2. The molecule has 23 heavy (non-hydrogen) atoms. The van der Waals surface area contributed by atoms with Crippen LogP contribution in [0.4, 0.5) is 4.79 Å². The third-order valence-corrected chi connectivity index (χ3v) is 4.12. The van der Waals surface area contributed by atoms with Gasteiger partial charge in [0, 0.05) is 19.0 Å². The number of carboxylic acid groups (broad SMARTS) is 1. The number of carboxylic acids is 1. The van der Waals surface area contributed by atoms with E-state index in [1.807, 2.05) is 24.3 Å². The van der Waals surface area contributed by atoms with E-state index in [9.17, 15) is 14.7 Å². The number of rotatable bonds is 3. The van der Waals surface area contributed by atoms with Crippen molar-refractivity contribution in [1.82, 2.24) is 4.90 Å². The van der Waals surface area contributed by atoms with Crippen LogP contribution in [0.25, 0.3) is 0 Å². The van der Waals surface area contributed by atoms with Crippen LogP contribution in [-0.2, 0) is 16.0 Å². The maximum atomic E-state index is 12.3. The molecular formula is C18H25NO4. The van der Waals surface area contributed by atoms with Crippen molar-refractivity contribution in [3.63, 3.8) is 0 Å². The Morgan fingerprint density at radius 2 is 1.91 bits per heavy atom. The molecule has 2 atom stereocenters. The molecule has 126 valence electrons. The first-order valence-electron chi connectivity index (χ1n) is 8.01. The van der Waals surface area contributed by atoms with Gasteiger partial charge in [-0.15, -0.1) is 0 Å². The number of carbonyl (C=O) groups is 2. The van der Waals surface area contributed by atoms with Crippen LogP contribution in [0.2, 0.25) is 0 Å². The Balaban J connectivity index is 2.25. The highest BCUT2D eigenvalue weighted by atomic mass is 16.6. The van der Waals surface area contributed by atoms with Crippen LogP contribution in [0.3, 0.4) is 0 Å². The summed E-state index contributed by atoms with van der Waals surface area (Å²) in [5.74, 6) is -1.67. The van der Waals surface area contributed by atoms with E-state index in [4.69, 9.17) is 4.74 Å². The molecule has 1 heterocycles. The summed E-state index contributed by atoms with van der Waals surface area (Å²) in [6.07, 6.45) is 0.395. The molecule has 1 amide bonds. The van der Waals surface area contributed by atoms with Gasteiger partial charge >= 0.3 is 12.1 Å². The maximum Gasteiger partial charge on any atom is 0.410 e. The van der Waals surface area contributed by atoms with E-state index in [2.05, 4.69) is 6.92 Å². The number of likely N-dealkylation sites (tertiary alicyclic amines) is 1. The number of hydrogen-bond acceptors (Lipinski definition) is 3. The van der Waals surface area contributed by atoms with E-state index < -0.39 is 23.6 Å². The summed E-state index contributed by atoms with van der Waals surface area (Å²) in [5, 5.41) is 9.56. The smallest absolute Gasteiger partial charge is 0.410 e. The summed E-state index contributed by atoms with van der Waals surface area (Å²) >= 11 is 0. The van der Waals surface area contributed by atoms with Crippen molar-refractivity contribution < 1.29 is 19.4 Å². The van der Waals surface area contributed by atoms with Gasteiger partial charge in [0.2, 0.25) is 0 Å². The molecule has 1 aromatic rings. The van der Waals surface area contributed by atoms with Crippen LogP contribution in [0.1, 0.15) is 44.7 Å². The predicted molar refractivity (Wildman–Crippen MR) is 87.5 cm³/mol. The van der Waals surface area contributed by atoms with Crippen molar-refractivity contribution in [3.8, 4) is 0 Å². The molecule has 0 bridgehead atoms. The highest BCUT2D eigenvalue weighted by molar-refractivity contribution is 5.76. The second-order valence-corrected chi connectivity index (χ2v) is 6.99. The average molecular weight is 319 g/mol. The second-order valence-electron chi connectivity index (χ2n) is 6.99. The summed E-state index contributed by atoms with van der Waals surface area (Å²) in [5.41, 5.74) is 1.57. The highest BCUT2D eigenvalue weighted by Gasteiger charge is 2.42. The Labute approximate surface area is 137 Å². The molecule has 1 unspecified atom stereocenters. The number of aliphatic carboxylic acids is 1. The molecule has 0 saturated carbocycles. The third-order valence-electron chi connectivity index (χ3n) is 4.12. The summed E-state index contributed by atoms with van der Waals surface area (Å²) in [7, 11) is 0. The van der Waals surface area contributed by atoms with Crippen LogP contribution < -0.4 is 0 Å². The minimum absolute atomic E-state index is 0.187. The molecule has 0 aromatic heterocycles. The fraction of sp³-hybridized carbons (Fsp3) is 0.556. The lowest BCUT2D eigenvalue weighted by atomic mass is 9.85. The Morgan fingerprint density at radius 1 is 1.26 bits per heavy atom. The molecule has 1 aliphatic rings. The summed E-state index contributed by atoms with van der Waals surface area (Å²) in [6, 6.07) is 7.87. The first-order valence-corrected chi connectivity index (χ1v) is 8.01. The number of aryl methyl sites for hydroxylation is 1. The van der Waals surface area contributed by atoms with Gasteiger partial charge in [0.1, 0.15) is 5.60 Å². The van der Waals surface area contributed by atoms with E-state index in [0.29, 0.717) is 6.54 Å². The van der Waals surface area contributed by atoms with Crippen LogP contribution in [0, 0.1) is 5.92 Å². The zero-order valence-electron chi connectivity index (χ0n) is 14.2. The molecule has 1 aliphatic heterocycles. The second kappa shape index (κ2) is 6.60. The van der Waals surface area contributed by atoms with E-state index in [-0.39, 0.29) is 12.5 Å². The van der Waals surface area contributed by atoms with E-state index >= 15 is 0 Å². The average Bonchev–Trinajstić information content (AvgIpc) is 2.90. The molecule has 0 spiro atoms. The quantitative estimate of drug-likeness (QED) is 0.928. The molecule has 2 rings (SSSR count). The topological polar surface area (TPSA) is 66.8 Å². The van der Waals surface area contributed by atoms with Gasteiger partial charge in [-0.3, -0.25) is 4.79 Å². The van der Waals surface area contributed by atoms with Gasteiger partial charge < -0.3 is 14.7 Å². The summed E-state index contributed by atoms with van der Waals surface area (Å²) < 4.78 is 5.38. The lowest BCUT2D eigenvalue weighted by molar-refractivity contribution is -0.141. The van der Waals surface area contributed by atoms with Gasteiger partial charge in [0.05, 0.1) is 5.92 Å². The van der Waals surface area contributed by atoms with Crippen molar-refractivity contribution >= 4 is 12.1 Å². The Morgan fingerprint density at radius 3 is 2.48 bits per heavy atom. The van der Waals surface area contributed by atoms with Crippen LogP contribution in [-0.4, -0.2) is 40.8 Å². The molecule has 0 radical (unpaired) electrons. The van der Waals surface area contributed by atoms with Crippen molar-refractivity contribution in [2.24, 2.45) is 5.92 Å². The lowest BCUT2D eigenvalue weighted by Crippen LogP contribution is -2.35. The molecule has 0 aliphatic carbocycles. The molecule has 1 N–H and O–H groups in total. The SMILES string of the molecule is CCc1ccccc1C1CN(C(=O)OC(C)(C)C)C[C@@H]1C(=O)O. The summed E-state index contributed by atoms with van der Waals surface area (Å²) in [4.78, 5) is 25.4. The fourth-order valence-corrected chi connectivity index (χ4v) is 3.06. The molecule has 1 aromatic carbocycles. The van der Waals surface area contributed by atoms with E-state index in [1.165, 1.54) is 4.90 Å². The van der Waals surface area contributed by atoms with E-state index in [0.717, 1.165) is 17.5 Å². The molecular weight excluding hydrogens is 294 g/mol. The normalized spacial score (nSPS) is 21.3. The maximum absolute atomic E-state index is 12.3. The van der Waals surface area contributed by atoms with Crippen LogP contribution in [0.5, 0.6) is 0 Å². The van der Waals surface area contributed by atoms with Crippen molar-refractivity contribution in [3.05, 3.63) is 35.4 Å². The van der Waals surface area contributed by atoms with Gasteiger partial charge in [-0.25, -0.2) is 4.79 Å². The molecule has 5 nitrogen and oxygen atoms in total. The largest absolute Gasteiger partial charge is 0.481 e. The molecule has 1 saturated heterocycles. The van der Waals surface area contributed by atoms with Crippen molar-refractivity contribution in [2.75, 3.05) is 13.1 Å². The van der Waals surface area contributed by atoms with Gasteiger partial charge in [0.15, 0.2) is 0 Å². The first kappa shape index (κ1) is 17.3. The minimum Gasteiger partial charge on any atom is -0.481 e. The number of hydrogen-bond donors (Lipinski definition) is 1. The number of carbonyl (C=O) groups excluding carboxylic acids is 1. The number of ether oxygens (including phenoxy) is 1. The van der Waals surface area contributed by atoms with E-state index in [1.54, 1.807) is 20.8 Å². The predicted octanol–water partition coefficient (Wildman–Crippen LogP) is 3.28. The number of amides is 1. The van der Waals surface area contributed by atoms with Gasteiger partial charge in [-0.2, -0.15) is 0 Å². The molecule has 1 fully saturated rings. The Bertz CT molecular complexity index is 591. The fourth-order valence-electron chi connectivity index (χ4n) is 3.06. The monoisotopic (exact) mass is 319 g/mol. The van der Waals surface area contributed by atoms with Gasteiger partial charge in [0.25, 0.3) is 0 Å². The van der Waals surface area contributed by atoms with Crippen LogP contribution in [0.15, 0.2) is 24.3 Å². The lowest BCUT2D eigenvalue weighted by Gasteiger charge is -2.24. The third kappa shape index (κ3) is 4.03. The molecule has 5 heteroatoms. The standard InChI is InChI=1S/C18H25NO4/c1-5-12-8-6-7-9-13(12)14-10-19(11-15(14)16(20)21)17(22)23-18(2,3)4/h6-9,14-15H,5,10-11H2,1-4H3,(H,20,21)/t14?,15-/m0/s1. The van der Waals surface area contributed by atoms with Gasteiger partial charge in [-0.1, -0.05) is 31.2 Å². The minimum atomic E-state index is -0.869. The summed E-state index contributed by atoms with van der Waals surface area (Å²) in [6.45, 7) is 8.03. The number of benzene rings is 1. The Kier molecular flexibility index (Phi) is 4.97.